The molecule has 0 fully saturated rings. The number of ether oxygens (including phenoxy) is 1. The fourth-order valence-electron chi connectivity index (χ4n) is 5.59. The number of aromatic nitrogens is 2. The van der Waals surface area contributed by atoms with E-state index in [1.807, 2.05) is 70.5 Å². The van der Waals surface area contributed by atoms with Gasteiger partial charge in [0.05, 0.1) is 19.3 Å². The molecule has 0 saturated carbocycles. The van der Waals surface area contributed by atoms with Crippen molar-refractivity contribution in [3.05, 3.63) is 101 Å². The quantitative estimate of drug-likeness (QED) is 0.167. The van der Waals surface area contributed by atoms with Crippen molar-refractivity contribution >= 4 is 23.5 Å². The van der Waals surface area contributed by atoms with Crippen LogP contribution in [0.1, 0.15) is 53.5 Å². The third-order valence-electron chi connectivity index (χ3n) is 7.98. The van der Waals surface area contributed by atoms with E-state index in [9.17, 15) is 14.4 Å². The maximum Gasteiger partial charge on any atom is 0.312 e. The molecule has 1 aliphatic heterocycles. The smallest absolute Gasteiger partial charge is 0.312 e. The van der Waals surface area contributed by atoms with Crippen molar-refractivity contribution in [1.82, 2.24) is 15.1 Å². The third kappa shape index (κ3) is 7.53. The molecule has 9 heteroatoms. The van der Waals surface area contributed by atoms with Crippen molar-refractivity contribution in [3.8, 4) is 16.9 Å². The summed E-state index contributed by atoms with van der Waals surface area (Å²) >= 11 is 0. The highest BCUT2D eigenvalue weighted by molar-refractivity contribution is 5.96. The number of amides is 2. The molecule has 44 heavy (non-hydrogen) atoms. The number of carboxylic acids is 1. The summed E-state index contributed by atoms with van der Waals surface area (Å²) in [6.45, 7) is 6.13. The Kier molecular flexibility index (Phi) is 9.74. The molecule has 1 aliphatic rings. The lowest BCUT2D eigenvalue weighted by Crippen LogP contribution is -2.35. The molecule has 2 N–H and O–H groups in total. The minimum atomic E-state index is -1.15. The van der Waals surface area contributed by atoms with E-state index in [1.165, 1.54) is 5.56 Å². The van der Waals surface area contributed by atoms with Gasteiger partial charge in [-0.15, -0.1) is 0 Å². The summed E-state index contributed by atoms with van der Waals surface area (Å²) in [6.07, 6.45) is 6.20. The molecule has 0 aliphatic carbocycles. The van der Waals surface area contributed by atoms with E-state index < -0.39 is 18.3 Å². The van der Waals surface area contributed by atoms with Gasteiger partial charge >= 0.3 is 5.97 Å². The van der Waals surface area contributed by atoms with Gasteiger partial charge in [0.2, 0.25) is 11.8 Å². The van der Waals surface area contributed by atoms with E-state index in [1.54, 1.807) is 0 Å². The van der Waals surface area contributed by atoms with Crippen LogP contribution < -0.4 is 15.0 Å². The average Bonchev–Trinajstić information content (AvgIpc) is 3.47. The maximum absolute atomic E-state index is 13.3. The Labute approximate surface area is 257 Å². The number of hydrogen-bond donors (Lipinski definition) is 2. The number of nitrogens with one attached hydrogen (secondary N) is 1. The van der Waals surface area contributed by atoms with Gasteiger partial charge in [-0.25, -0.2) is 0 Å². The Morgan fingerprint density at radius 3 is 2.66 bits per heavy atom. The first kappa shape index (κ1) is 30.5. The van der Waals surface area contributed by atoms with Crippen molar-refractivity contribution in [2.45, 2.75) is 59.0 Å². The van der Waals surface area contributed by atoms with Gasteiger partial charge in [-0.05, 0) is 78.6 Å². The van der Waals surface area contributed by atoms with Crippen LogP contribution in [0.5, 0.6) is 5.75 Å². The topological polar surface area (TPSA) is 114 Å². The molecule has 1 aromatic heterocycles. The number of carboxylic acid groups (broad SMARTS) is 1. The van der Waals surface area contributed by atoms with E-state index in [0.29, 0.717) is 32.5 Å². The van der Waals surface area contributed by atoms with Crippen molar-refractivity contribution < 1.29 is 24.2 Å². The standard InChI is InChI=1S/C35H38N4O5/c1-24-8-3-14-32(25(24)2)44-17-7-15-34(41)39-16-6-12-30-29(11-5-13-31(30)39)28-21-37-38(23-28)22-27-10-4-9-26(18-27)20-36-33(40)19-35(42)43/h3-5,8-11,13-14,18,21,23H,6-7,12,15-17,19-20,22H2,1-2H3,(H,36,40)(H,42,43). The Hall–Kier alpha value is -4.92. The zero-order valence-corrected chi connectivity index (χ0v) is 25.2. The fourth-order valence-corrected chi connectivity index (χ4v) is 5.59. The minimum absolute atomic E-state index is 0.113. The highest BCUT2D eigenvalue weighted by Gasteiger charge is 2.25. The first-order valence-corrected chi connectivity index (χ1v) is 15.0. The second kappa shape index (κ2) is 14.0. The molecule has 0 saturated heterocycles. The molecule has 4 aromatic rings. The molecule has 228 valence electrons. The predicted octanol–water partition coefficient (Wildman–Crippen LogP) is 5.44. The number of nitrogens with zero attached hydrogens (tertiary/aromatic N) is 3. The molecule has 2 amide bonds. The van der Waals surface area contributed by atoms with Crippen LogP contribution in [-0.2, 0) is 33.9 Å². The van der Waals surface area contributed by atoms with Crippen LogP contribution in [-0.4, -0.2) is 45.8 Å². The predicted molar refractivity (Wildman–Crippen MR) is 169 cm³/mol. The number of fused-ring (bicyclic) bond motifs is 1. The van der Waals surface area contributed by atoms with Gasteiger partial charge in [0, 0.05) is 37.0 Å². The molecule has 0 unspecified atom stereocenters. The van der Waals surface area contributed by atoms with Crippen LogP contribution in [0, 0.1) is 13.8 Å². The van der Waals surface area contributed by atoms with Crippen molar-refractivity contribution in [2.75, 3.05) is 18.1 Å². The highest BCUT2D eigenvalue weighted by Crippen LogP contribution is 2.36. The molecular formula is C35H38N4O5. The van der Waals surface area contributed by atoms with E-state index in [4.69, 9.17) is 9.84 Å². The molecular weight excluding hydrogens is 556 g/mol. The Morgan fingerprint density at radius 2 is 1.82 bits per heavy atom. The minimum Gasteiger partial charge on any atom is -0.493 e. The Balaban J connectivity index is 1.21. The largest absolute Gasteiger partial charge is 0.493 e. The Morgan fingerprint density at radius 1 is 1.02 bits per heavy atom. The Bertz CT molecular complexity index is 1660. The third-order valence-corrected chi connectivity index (χ3v) is 7.98. The van der Waals surface area contributed by atoms with Gasteiger partial charge in [-0.2, -0.15) is 5.10 Å². The zero-order valence-electron chi connectivity index (χ0n) is 25.2. The maximum atomic E-state index is 13.3. The van der Waals surface area contributed by atoms with Crippen molar-refractivity contribution in [2.24, 2.45) is 0 Å². The number of anilines is 1. The first-order chi connectivity index (χ1) is 21.3. The van der Waals surface area contributed by atoms with Crippen LogP contribution in [0.2, 0.25) is 0 Å². The SMILES string of the molecule is Cc1cccc(OCCCC(=O)N2CCCc3c(-c4cnn(Cc5cccc(CNC(=O)CC(=O)O)c5)c4)cccc32)c1C. The second-order valence-electron chi connectivity index (χ2n) is 11.2. The molecule has 0 atom stereocenters. The number of rotatable bonds is 12. The van der Waals surface area contributed by atoms with E-state index in [2.05, 4.69) is 36.4 Å². The van der Waals surface area contributed by atoms with Gasteiger partial charge in [-0.1, -0.05) is 48.5 Å². The van der Waals surface area contributed by atoms with E-state index >= 15 is 0 Å². The molecule has 0 bridgehead atoms. The van der Waals surface area contributed by atoms with Crippen LogP contribution in [0.15, 0.2) is 73.1 Å². The number of benzene rings is 3. The number of aryl methyl sites for hydroxylation is 1. The van der Waals surface area contributed by atoms with Gasteiger partial charge in [0.25, 0.3) is 0 Å². The first-order valence-electron chi connectivity index (χ1n) is 15.0. The van der Waals surface area contributed by atoms with Gasteiger partial charge in [0.15, 0.2) is 0 Å². The number of aliphatic carboxylic acids is 1. The van der Waals surface area contributed by atoms with Crippen LogP contribution in [0.3, 0.4) is 0 Å². The lowest BCUT2D eigenvalue weighted by atomic mass is 9.93. The average molecular weight is 595 g/mol. The monoisotopic (exact) mass is 594 g/mol. The van der Waals surface area contributed by atoms with Crippen molar-refractivity contribution in [3.63, 3.8) is 0 Å². The summed E-state index contributed by atoms with van der Waals surface area (Å²) in [7, 11) is 0. The zero-order chi connectivity index (χ0) is 31.1. The molecule has 0 radical (unpaired) electrons. The summed E-state index contributed by atoms with van der Waals surface area (Å²) in [5, 5.41) is 16.0. The van der Waals surface area contributed by atoms with E-state index in [0.717, 1.165) is 57.7 Å². The molecule has 0 spiro atoms. The van der Waals surface area contributed by atoms with Crippen LogP contribution in [0.4, 0.5) is 5.69 Å². The molecule has 9 nitrogen and oxygen atoms in total. The van der Waals surface area contributed by atoms with Crippen LogP contribution >= 0.6 is 0 Å². The second-order valence-corrected chi connectivity index (χ2v) is 11.2. The summed E-state index contributed by atoms with van der Waals surface area (Å²) in [5.41, 5.74) is 8.43. The normalized spacial score (nSPS) is 12.5. The lowest BCUT2D eigenvalue weighted by molar-refractivity contribution is -0.140. The number of carbonyl (C=O) groups excluding carboxylic acids is 2. The molecule has 5 rings (SSSR count). The van der Waals surface area contributed by atoms with Gasteiger partial charge in [-0.3, -0.25) is 19.1 Å². The van der Waals surface area contributed by atoms with Crippen molar-refractivity contribution in [1.29, 1.82) is 0 Å². The summed E-state index contributed by atoms with van der Waals surface area (Å²) in [5.74, 6) is -0.685. The number of carbonyl (C=O) groups is 3. The summed E-state index contributed by atoms with van der Waals surface area (Å²) in [6, 6.07) is 19.9. The van der Waals surface area contributed by atoms with E-state index in [-0.39, 0.29) is 12.5 Å². The summed E-state index contributed by atoms with van der Waals surface area (Å²) < 4.78 is 7.84. The highest BCUT2D eigenvalue weighted by atomic mass is 16.5. The molecule has 2 heterocycles. The lowest BCUT2D eigenvalue weighted by Gasteiger charge is -2.31. The van der Waals surface area contributed by atoms with Crippen LogP contribution in [0.25, 0.3) is 11.1 Å². The van der Waals surface area contributed by atoms with Gasteiger partial charge < -0.3 is 20.1 Å². The number of hydrogen-bond acceptors (Lipinski definition) is 5. The summed E-state index contributed by atoms with van der Waals surface area (Å²) in [4.78, 5) is 37.7. The fraction of sp³-hybridized carbons (Fsp3) is 0.314. The molecule has 3 aromatic carbocycles. The van der Waals surface area contributed by atoms with Gasteiger partial charge in [0.1, 0.15) is 12.2 Å².